The maximum Gasteiger partial charge on any atom is 0.331 e. The Morgan fingerprint density at radius 3 is 2.51 bits per heavy atom. The molecule has 12 aliphatic rings. The molecule has 2 aliphatic heterocycles. The van der Waals surface area contributed by atoms with Crippen LogP contribution in [0.15, 0.2) is 60.2 Å². The Morgan fingerprint density at radius 1 is 0.904 bits per heavy atom. The molecule has 6 N–H and O–H groups in total. The summed E-state index contributed by atoms with van der Waals surface area (Å²) in [6, 6.07) is 16.4. The molecule has 2 spiro atoms. The number of likely N-dealkylation sites (N-methyl/N-ethyl adjacent to an activating group) is 1. The first-order chi connectivity index (χ1) is 35.3. The van der Waals surface area contributed by atoms with Gasteiger partial charge in [-0.2, -0.15) is 0 Å². The van der Waals surface area contributed by atoms with Gasteiger partial charge in [0.25, 0.3) is 0 Å². The largest absolute Gasteiger partial charge is 0.454 e. The van der Waals surface area contributed by atoms with Gasteiger partial charge >= 0.3 is 5.97 Å². The van der Waals surface area contributed by atoms with Crippen LogP contribution in [0.2, 0.25) is 0 Å². The molecule has 20 atom stereocenters. The maximum absolute atomic E-state index is 15.3. The lowest BCUT2D eigenvalue weighted by Crippen LogP contribution is -2.86. The Kier molecular flexibility index (Phi) is 12.0. The van der Waals surface area contributed by atoms with Gasteiger partial charge in [0.05, 0.1) is 29.8 Å². The molecule has 20 unspecified atom stereocenters. The van der Waals surface area contributed by atoms with Crippen molar-refractivity contribution >= 4 is 12.3 Å². The number of aryl methyl sites for hydroxylation is 1. The van der Waals surface area contributed by atoms with E-state index >= 15 is 4.79 Å². The first-order valence-electron chi connectivity index (χ1n) is 29.1. The number of carbonyl (C=O) groups is 2. The number of hydrogen-bond donors (Lipinski definition) is 6. The zero-order valence-corrected chi connectivity index (χ0v) is 43.4. The highest BCUT2D eigenvalue weighted by Crippen LogP contribution is 2.80. The second-order valence-electron chi connectivity index (χ2n) is 26.4. The second-order valence-corrected chi connectivity index (χ2v) is 26.4. The van der Waals surface area contributed by atoms with Gasteiger partial charge in [-0.3, -0.25) is 0 Å². The van der Waals surface area contributed by atoms with Crippen molar-refractivity contribution in [1.82, 2.24) is 5.32 Å². The first-order valence-corrected chi connectivity index (χ1v) is 29.1. The van der Waals surface area contributed by atoms with Crippen LogP contribution in [-0.4, -0.2) is 92.6 Å². The molecule has 2 aromatic rings. The number of esters is 1. The van der Waals surface area contributed by atoms with Crippen molar-refractivity contribution in [2.24, 2.45) is 81.3 Å². The number of aldehydes is 1. The molecule has 9 fully saturated rings. The molecule has 0 aromatic heterocycles. The molecular weight excluding hydrogens is 915 g/mol. The van der Waals surface area contributed by atoms with Crippen LogP contribution in [0.3, 0.4) is 0 Å². The summed E-state index contributed by atoms with van der Waals surface area (Å²) < 4.78 is 13.5. The highest BCUT2D eigenvalue weighted by atomic mass is 16.5. The molecule has 14 rings (SSSR count). The average molecular weight is 996 g/mol. The van der Waals surface area contributed by atoms with Crippen LogP contribution in [-0.2, 0) is 38.5 Å². The number of fused-ring (bicyclic) bond motifs is 7. The number of aliphatic hydroxyl groups is 5. The van der Waals surface area contributed by atoms with Gasteiger partial charge in [-0.15, -0.1) is 0 Å². The number of rotatable bonds is 8. The van der Waals surface area contributed by atoms with Crippen LogP contribution in [0, 0.1) is 93.2 Å². The molecule has 10 aliphatic carbocycles. The van der Waals surface area contributed by atoms with E-state index in [1.165, 1.54) is 31.2 Å². The molecule has 392 valence electrons. The van der Waals surface area contributed by atoms with Crippen molar-refractivity contribution in [2.75, 3.05) is 13.7 Å². The lowest BCUT2D eigenvalue weighted by atomic mass is 9.32. The first kappa shape index (κ1) is 49.2. The van der Waals surface area contributed by atoms with Crippen molar-refractivity contribution in [2.45, 2.75) is 183 Å². The quantitative estimate of drug-likeness (QED) is 0.0874. The Bertz CT molecular complexity index is 2580. The SMILES string of the molecule is CNC1Cc2c(cccc2CO)C#CCCC23CCC4C5(C=O)CC67CC(CCc8ccccc8)CC6CCOC7C6CCC(C(C)C7CCCC7)CC(C(O)C4(O)C2(O)CC2CC1C1OC(=O)C=C1C23)C65O. The van der Waals surface area contributed by atoms with E-state index in [1.807, 2.05) is 25.2 Å². The Labute approximate surface area is 432 Å². The lowest BCUT2D eigenvalue weighted by Gasteiger charge is -2.75. The molecule has 0 amide bonds. The molecule has 4 bridgehead atoms. The molecule has 10 heteroatoms. The normalized spacial score (nSPS) is 47.7. The summed E-state index contributed by atoms with van der Waals surface area (Å²) in [5, 5.41) is 72.3. The molecule has 1 saturated heterocycles. The molecule has 73 heavy (non-hydrogen) atoms. The Balaban J connectivity index is 0.972. The minimum atomic E-state index is -2.18. The van der Waals surface area contributed by atoms with Crippen LogP contribution in [0.25, 0.3) is 0 Å². The Hall–Kier alpha value is -3.40. The predicted molar refractivity (Wildman–Crippen MR) is 275 cm³/mol. The van der Waals surface area contributed by atoms with Gasteiger partial charge in [0.2, 0.25) is 0 Å². The molecule has 2 heterocycles. The molecule has 8 saturated carbocycles. The molecular formula is C63H81NO9. The number of hydrogen-bond acceptors (Lipinski definition) is 10. The monoisotopic (exact) mass is 996 g/mol. The highest BCUT2D eigenvalue weighted by Gasteiger charge is 2.87. The number of nitrogens with one attached hydrogen (secondary N) is 1. The maximum atomic E-state index is 15.3. The third-order valence-electron chi connectivity index (χ3n) is 24.3. The van der Waals surface area contributed by atoms with Crippen LogP contribution >= 0.6 is 0 Å². The zero-order chi connectivity index (χ0) is 50.3. The van der Waals surface area contributed by atoms with Gasteiger partial charge in [-0.1, -0.05) is 86.9 Å². The van der Waals surface area contributed by atoms with Gasteiger partial charge in [0, 0.05) is 65.2 Å². The zero-order valence-electron chi connectivity index (χ0n) is 43.4. The van der Waals surface area contributed by atoms with E-state index in [0.29, 0.717) is 88.1 Å². The van der Waals surface area contributed by atoms with Gasteiger partial charge < -0.3 is 45.1 Å². The van der Waals surface area contributed by atoms with Crippen molar-refractivity contribution in [3.05, 3.63) is 82.4 Å². The fraction of sp³-hybridized carbons (Fsp3) is 0.714. The van der Waals surface area contributed by atoms with Crippen LogP contribution in [0.1, 0.15) is 145 Å². The summed E-state index contributed by atoms with van der Waals surface area (Å²) >= 11 is 0. The van der Waals surface area contributed by atoms with Gasteiger partial charge in [-0.25, -0.2) is 4.79 Å². The van der Waals surface area contributed by atoms with E-state index < -0.39 is 69.0 Å². The van der Waals surface area contributed by atoms with Crippen molar-refractivity contribution < 1.29 is 44.6 Å². The van der Waals surface area contributed by atoms with Gasteiger partial charge in [0.1, 0.15) is 23.6 Å². The fourth-order valence-electron chi connectivity index (χ4n) is 21.5. The van der Waals surface area contributed by atoms with E-state index in [0.717, 1.165) is 67.1 Å². The topological polar surface area (TPSA) is 166 Å². The summed E-state index contributed by atoms with van der Waals surface area (Å²) in [4.78, 5) is 29.1. The summed E-state index contributed by atoms with van der Waals surface area (Å²) in [7, 11) is 1.93. The molecule has 10 nitrogen and oxygen atoms in total. The minimum Gasteiger partial charge on any atom is -0.454 e. The van der Waals surface area contributed by atoms with Crippen molar-refractivity contribution in [1.29, 1.82) is 0 Å². The predicted octanol–water partition coefficient (Wildman–Crippen LogP) is 7.81. The number of benzene rings is 2. The molecule has 0 radical (unpaired) electrons. The van der Waals surface area contributed by atoms with Crippen molar-refractivity contribution in [3.63, 3.8) is 0 Å². The van der Waals surface area contributed by atoms with Crippen LogP contribution < -0.4 is 5.32 Å². The average Bonchev–Trinajstić information content (AvgIpc) is 4.18. The third kappa shape index (κ3) is 6.67. The van der Waals surface area contributed by atoms with E-state index in [-0.39, 0.29) is 48.8 Å². The number of ether oxygens (including phenoxy) is 2. The van der Waals surface area contributed by atoms with Crippen molar-refractivity contribution in [3.8, 4) is 11.8 Å². The fourth-order valence-corrected chi connectivity index (χ4v) is 21.5. The van der Waals surface area contributed by atoms with E-state index in [1.54, 1.807) is 6.08 Å². The second kappa shape index (κ2) is 17.8. The summed E-state index contributed by atoms with van der Waals surface area (Å²) in [6.07, 6.45) is 15.3. The standard InChI is InChI=1S/C63H81NO9/c1-37(40-13-6-7-14-40)42-20-21-49-57-58(32-39(27-45(58)23-26-72-57)19-18-38-11-4-3-5-12-38)35-60(36-66)52-22-25-59-24-9-8-15-41-16-10-17-43(34-65)46(41)30-51(64-2)47-28-44(54(59)48-31-53(67)73-55(47)48)33-61(59,69)63(52,71)56(68)50(29-42)62(49,60)70/h3-5,10-12,16-17,31,36-37,39-40,42,44-45,47,49-52,54-57,64-65,68-71H,6-7,9,13-14,18-30,32-35H2,1-2H3. The third-order valence-corrected chi connectivity index (χ3v) is 24.3. The van der Waals surface area contributed by atoms with Crippen LogP contribution in [0.4, 0.5) is 0 Å². The lowest BCUT2D eigenvalue weighted by molar-refractivity contribution is -0.389. The number of aliphatic hydroxyl groups excluding tert-OH is 2. The summed E-state index contributed by atoms with van der Waals surface area (Å²) in [5.74, 6) is 5.40. The minimum absolute atomic E-state index is 0.123. The molecule has 2 aromatic carbocycles. The van der Waals surface area contributed by atoms with Gasteiger partial charge in [-0.05, 0) is 173 Å². The smallest absolute Gasteiger partial charge is 0.331 e. The van der Waals surface area contributed by atoms with Crippen LogP contribution in [0.5, 0.6) is 0 Å². The van der Waals surface area contributed by atoms with Gasteiger partial charge in [0.15, 0.2) is 0 Å². The number of carbonyl (C=O) groups excluding carboxylic acids is 2. The van der Waals surface area contributed by atoms with E-state index in [4.69, 9.17) is 9.47 Å². The summed E-state index contributed by atoms with van der Waals surface area (Å²) in [5.41, 5.74) is -3.85. The highest BCUT2D eigenvalue weighted by molar-refractivity contribution is 5.86. The Morgan fingerprint density at radius 2 is 1.73 bits per heavy atom. The summed E-state index contributed by atoms with van der Waals surface area (Å²) in [6.45, 7) is 2.88. The van der Waals surface area contributed by atoms with E-state index in [9.17, 15) is 30.3 Å². The van der Waals surface area contributed by atoms with E-state index in [2.05, 4.69) is 54.4 Å².